The van der Waals surface area contributed by atoms with Crippen molar-refractivity contribution in [3.8, 4) is 11.8 Å². The summed E-state index contributed by atoms with van der Waals surface area (Å²) in [5, 5.41) is 0. The summed E-state index contributed by atoms with van der Waals surface area (Å²) < 4.78 is 0. The number of hydrogen-bond acceptors (Lipinski definition) is 0. The molecule has 64 valence electrons. The quantitative estimate of drug-likeness (QED) is 0.417. The lowest BCUT2D eigenvalue weighted by molar-refractivity contribution is 0.444. The molecule has 0 saturated carbocycles. The molecular weight excluding hydrogens is 132 g/mol. The number of rotatable bonds is 5. The molecule has 0 aromatic carbocycles. The summed E-state index contributed by atoms with van der Waals surface area (Å²) in [6.45, 7) is 6.47. The van der Waals surface area contributed by atoms with E-state index >= 15 is 0 Å². The third-order valence-corrected chi connectivity index (χ3v) is 2.25. The maximum Gasteiger partial charge on any atom is 0.00886 e. The summed E-state index contributed by atoms with van der Waals surface area (Å²) in [6.07, 6.45) is 6.40. The van der Waals surface area contributed by atoms with Crippen LogP contribution in [-0.2, 0) is 0 Å². The van der Waals surface area contributed by atoms with Crippen LogP contribution in [0.3, 0.4) is 0 Å². The van der Waals surface area contributed by atoms with Crippen LogP contribution in [0.2, 0.25) is 0 Å². The smallest absolute Gasteiger partial charge is 0.00886 e. The van der Waals surface area contributed by atoms with Gasteiger partial charge in [0, 0.05) is 6.42 Å². The van der Waals surface area contributed by atoms with Crippen LogP contribution in [0.15, 0.2) is 0 Å². The van der Waals surface area contributed by atoms with E-state index in [2.05, 4.69) is 25.7 Å². The van der Waals surface area contributed by atoms with Crippen LogP contribution in [0, 0.1) is 17.8 Å². The fourth-order valence-electron chi connectivity index (χ4n) is 1.30. The molecule has 0 amide bonds. The molecule has 0 aromatic heterocycles. The largest absolute Gasteiger partial charge is 0.107 e. The fourth-order valence-corrected chi connectivity index (χ4v) is 1.30. The Morgan fingerprint density at radius 3 is 2.27 bits per heavy atom. The zero-order valence-corrected chi connectivity index (χ0v) is 8.11. The van der Waals surface area contributed by atoms with Crippen molar-refractivity contribution in [1.29, 1.82) is 0 Å². The maximum atomic E-state index is 3.10. The third kappa shape index (κ3) is 5.98. The minimum atomic E-state index is 0.939. The second-order valence-corrected chi connectivity index (χ2v) is 3.00. The summed E-state index contributed by atoms with van der Waals surface area (Å²) >= 11 is 0. The third-order valence-electron chi connectivity index (χ3n) is 2.25. The van der Waals surface area contributed by atoms with Crippen LogP contribution in [0.4, 0.5) is 0 Å². The Kier molecular flexibility index (Phi) is 7.36. The minimum absolute atomic E-state index is 0.939. The van der Waals surface area contributed by atoms with Gasteiger partial charge in [0.05, 0.1) is 0 Å². The predicted octanol–water partition coefficient (Wildman–Crippen LogP) is 3.62. The molecular formula is C11H20. The lowest BCUT2D eigenvalue weighted by Gasteiger charge is -2.09. The van der Waals surface area contributed by atoms with Crippen LogP contribution < -0.4 is 0 Å². The maximum absolute atomic E-state index is 3.10. The highest BCUT2D eigenvalue weighted by atomic mass is 14.1. The van der Waals surface area contributed by atoms with E-state index in [4.69, 9.17) is 0 Å². The van der Waals surface area contributed by atoms with Gasteiger partial charge < -0.3 is 0 Å². The first-order valence-electron chi connectivity index (χ1n) is 4.74. The van der Waals surface area contributed by atoms with Crippen molar-refractivity contribution in [2.45, 2.75) is 52.9 Å². The van der Waals surface area contributed by atoms with Gasteiger partial charge in [-0.15, -0.1) is 11.8 Å². The van der Waals surface area contributed by atoms with Gasteiger partial charge in [0.25, 0.3) is 0 Å². The van der Waals surface area contributed by atoms with E-state index in [1.54, 1.807) is 0 Å². The lowest BCUT2D eigenvalue weighted by Crippen LogP contribution is -1.95. The van der Waals surface area contributed by atoms with E-state index in [1.807, 2.05) is 6.92 Å². The first kappa shape index (κ1) is 10.6. The van der Waals surface area contributed by atoms with Crippen molar-refractivity contribution in [2.75, 3.05) is 0 Å². The molecule has 0 heteroatoms. The SMILES string of the molecule is CC#CCCCC(CC)CC. The molecule has 0 atom stereocenters. The second kappa shape index (κ2) is 7.66. The number of unbranched alkanes of at least 4 members (excludes halogenated alkanes) is 1. The minimum Gasteiger partial charge on any atom is -0.107 e. The van der Waals surface area contributed by atoms with E-state index in [1.165, 1.54) is 25.7 Å². The standard InChI is InChI=1S/C11H20/c1-4-7-8-9-10-11(5-2)6-3/h11H,5-6,8-10H2,1-3H3. The highest BCUT2D eigenvalue weighted by Crippen LogP contribution is 2.15. The van der Waals surface area contributed by atoms with E-state index in [0.29, 0.717) is 0 Å². The Balaban J connectivity index is 3.25. The Morgan fingerprint density at radius 2 is 1.82 bits per heavy atom. The molecule has 0 bridgehead atoms. The lowest BCUT2D eigenvalue weighted by atomic mass is 9.97. The summed E-state index contributed by atoms with van der Waals surface area (Å²) in [5.74, 6) is 6.97. The molecule has 0 saturated heterocycles. The van der Waals surface area contributed by atoms with Gasteiger partial charge in [0.1, 0.15) is 0 Å². The molecule has 0 aliphatic carbocycles. The Bertz CT molecular complexity index is 121. The van der Waals surface area contributed by atoms with Crippen LogP contribution in [-0.4, -0.2) is 0 Å². The van der Waals surface area contributed by atoms with Crippen molar-refractivity contribution in [3.63, 3.8) is 0 Å². The van der Waals surface area contributed by atoms with Gasteiger partial charge in [0.2, 0.25) is 0 Å². The Labute approximate surface area is 71.4 Å². The Hall–Kier alpha value is -0.440. The van der Waals surface area contributed by atoms with Crippen LogP contribution in [0.5, 0.6) is 0 Å². The molecule has 11 heavy (non-hydrogen) atoms. The van der Waals surface area contributed by atoms with Crippen molar-refractivity contribution < 1.29 is 0 Å². The van der Waals surface area contributed by atoms with Crippen molar-refractivity contribution in [1.82, 2.24) is 0 Å². The first-order valence-corrected chi connectivity index (χ1v) is 4.74. The van der Waals surface area contributed by atoms with Crippen LogP contribution in [0.25, 0.3) is 0 Å². The molecule has 0 aliphatic rings. The van der Waals surface area contributed by atoms with E-state index in [9.17, 15) is 0 Å². The molecule has 0 aliphatic heterocycles. The fraction of sp³-hybridized carbons (Fsp3) is 0.818. The topological polar surface area (TPSA) is 0 Å². The normalized spacial score (nSPS) is 9.45. The average Bonchev–Trinajstić information content (AvgIpc) is 2.05. The van der Waals surface area contributed by atoms with Gasteiger partial charge in [-0.2, -0.15) is 0 Å². The number of hydrogen-bond donors (Lipinski definition) is 0. The van der Waals surface area contributed by atoms with E-state index in [-0.39, 0.29) is 0 Å². The van der Waals surface area contributed by atoms with Crippen LogP contribution in [0.1, 0.15) is 52.9 Å². The molecule has 0 radical (unpaired) electrons. The van der Waals surface area contributed by atoms with Gasteiger partial charge in [-0.3, -0.25) is 0 Å². The van der Waals surface area contributed by atoms with E-state index in [0.717, 1.165) is 12.3 Å². The van der Waals surface area contributed by atoms with Crippen molar-refractivity contribution in [2.24, 2.45) is 5.92 Å². The predicted molar refractivity (Wildman–Crippen MR) is 51.4 cm³/mol. The Morgan fingerprint density at radius 1 is 1.18 bits per heavy atom. The van der Waals surface area contributed by atoms with Gasteiger partial charge in [-0.05, 0) is 25.7 Å². The molecule has 0 heterocycles. The summed E-state index contributed by atoms with van der Waals surface area (Å²) in [4.78, 5) is 0. The van der Waals surface area contributed by atoms with E-state index < -0.39 is 0 Å². The zero-order valence-electron chi connectivity index (χ0n) is 8.11. The van der Waals surface area contributed by atoms with Gasteiger partial charge in [-0.1, -0.05) is 26.7 Å². The molecule has 0 nitrogen and oxygen atoms in total. The molecule has 0 fully saturated rings. The zero-order chi connectivity index (χ0) is 8.53. The molecule has 0 aromatic rings. The van der Waals surface area contributed by atoms with Crippen LogP contribution >= 0.6 is 0 Å². The highest BCUT2D eigenvalue weighted by Gasteiger charge is 2.00. The summed E-state index contributed by atoms with van der Waals surface area (Å²) in [5.41, 5.74) is 0. The first-order chi connectivity index (χ1) is 5.35. The molecule has 0 spiro atoms. The molecule has 0 N–H and O–H groups in total. The summed E-state index contributed by atoms with van der Waals surface area (Å²) in [6, 6.07) is 0. The van der Waals surface area contributed by atoms with Gasteiger partial charge in [0.15, 0.2) is 0 Å². The molecule has 0 rings (SSSR count). The van der Waals surface area contributed by atoms with Gasteiger partial charge >= 0.3 is 0 Å². The molecule has 0 unspecified atom stereocenters. The average molecular weight is 152 g/mol. The van der Waals surface area contributed by atoms with Crippen molar-refractivity contribution >= 4 is 0 Å². The summed E-state index contributed by atoms with van der Waals surface area (Å²) in [7, 11) is 0. The monoisotopic (exact) mass is 152 g/mol. The van der Waals surface area contributed by atoms with Crippen molar-refractivity contribution in [3.05, 3.63) is 0 Å². The second-order valence-electron chi connectivity index (χ2n) is 3.00. The van der Waals surface area contributed by atoms with Gasteiger partial charge in [-0.25, -0.2) is 0 Å². The highest BCUT2D eigenvalue weighted by molar-refractivity contribution is 4.94.